The Hall–Kier alpha value is -6.44. The minimum absolute atomic E-state index is 0.0288. The molecular formula is C58H71F4N7O7. The Kier molecular flexibility index (Phi) is 21.2. The minimum atomic E-state index is -0.909. The third-order valence-electron chi connectivity index (χ3n) is 14.7. The van der Waals surface area contributed by atoms with Crippen molar-refractivity contribution in [2.45, 2.75) is 69.9 Å². The van der Waals surface area contributed by atoms with Gasteiger partial charge in [0.05, 0.1) is 43.4 Å². The maximum absolute atomic E-state index is 13.6. The minimum Gasteiger partial charge on any atom is -0.410 e. The maximum atomic E-state index is 13.6. The largest absolute Gasteiger partial charge is 0.412 e. The first-order valence-corrected chi connectivity index (χ1v) is 26.3. The lowest BCUT2D eigenvalue weighted by Gasteiger charge is -2.43. The van der Waals surface area contributed by atoms with Gasteiger partial charge in [-0.1, -0.05) is 86.6 Å². The van der Waals surface area contributed by atoms with Crippen LogP contribution in [0.1, 0.15) is 86.7 Å². The summed E-state index contributed by atoms with van der Waals surface area (Å²) >= 11 is 0. The van der Waals surface area contributed by atoms with Crippen molar-refractivity contribution in [2.75, 3.05) is 91.9 Å². The first-order chi connectivity index (χ1) is 36.7. The number of non-ortho nitro benzene ring substituents is 1. The van der Waals surface area contributed by atoms with Gasteiger partial charge in [-0.15, -0.1) is 0 Å². The van der Waals surface area contributed by atoms with Crippen LogP contribution in [0.4, 0.5) is 32.8 Å². The second kappa shape index (κ2) is 28.1. The highest BCUT2D eigenvalue weighted by Crippen LogP contribution is 2.41. The highest BCUT2D eigenvalue weighted by molar-refractivity contribution is 5.75. The molecule has 2 atom stereocenters. The topological polar surface area (TPSA) is 151 Å². The van der Waals surface area contributed by atoms with E-state index in [0.717, 1.165) is 95.3 Å². The molecule has 0 bridgehead atoms. The molecule has 2 unspecified atom stereocenters. The number of nitrogens with one attached hydrogen (secondary N) is 3. The quantitative estimate of drug-likeness (QED) is 0.0424. The van der Waals surface area contributed by atoms with Gasteiger partial charge in [0.2, 0.25) is 0 Å². The monoisotopic (exact) mass is 1050 g/mol. The van der Waals surface area contributed by atoms with Crippen LogP contribution in [0, 0.1) is 38.8 Å². The van der Waals surface area contributed by atoms with Gasteiger partial charge in [-0.25, -0.2) is 27.2 Å². The summed E-state index contributed by atoms with van der Waals surface area (Å²) in [6.07, 6.45) is 5.68. The molecule has 4 aliphatic rings. The summed E-state index contributed by atoms with van der Waals surface area (Å²) in [5.41, 5.74) is 4.45. The fourth-order valence-corrected chi connectivity index (χ4v) is 10.0. The van der Waals surface area contributed by atoms with E-state index in [1.165, 1.54) is 60.4 Å². The summed E-state index contributed by atoms with van der Waals surface area (Å²) in [7, 11) is 0. The lowest BCUT2D eigenvalue weighted by Crippen LogP contribution is -2.48. The third kappa shape index (κ3) is 16.5. The number of nitro groups is 1. The number of hydrogen-bond acceptors (Lipinski definition) is 10. The number of carbonyl (C=O) groups is 2. The fourth-order valence-electron chi connectivity index (χ4n) is 10.0. The van der Waals surface area contributed by atoms with Gasteiger partial charge in [-0.2, -0.15) is 0 Å². The van der Waals surface area contributed by atoms with Crippen molar-refractivity contribution in [3.05, 3.63) is 177 Å². The fraction of sp³-hybridized carbons (Fsp3) is 0.448. The average molecular weight is 1050 g/mol. The van der Waals surface area contributed by atoms with Crippen molar-refractivity contribution in [1.82, 2.24) is 30.7 Å². The number of amides is 3. The lowest BCUT2D eigenvalue weighted by atomic mass is 9.68. The zero-order valence-corrected chi connectivity index (χ0v) is 43.5. The number of piperidine rings is 2. The van der Waals surface area contributed by atoms with E-state index in [9.17, 15) is 37.3 Å². The Labute approximate surface area is 443 Å². The molecule has 0 radical (unpaired) electrons. The van der Waals surface area contributed by atoms with E-state index in [4.69, 9.17) is 14.2 Å². The molecule has 76 heavy (non-hydrogen) atoms. The number of hydrogen-bond donors (Lipinski definition) is 3. The summed E-state index contributed by atoms with van der Waals surface area (Å²) in [5, 5.41) is 19.6. The summed E-state index contributed by atoms with van der Waals surface area (Å²) in [5.74, 6) is -3.15. The second-order valence-corrected chi connectivity index (χ2v) is 20.4. The molecule has 4 heterocycles. The van der Waals surface area contributed by atoms with Crippen LogP contribution in [0.3, 0.4) is 0 Å². The molecule has 3 N–H and O–H groups in total. The molecule has 4 aliphatic heterocycles. The van der Waals surface area contributed by atoms with Gasteiger partial charge in [0.1, 0.15) is 5.75 Å². The molecule has 4 saturated heterocycles. The average Bonchev–Trinajstić information content (AvgIpc) is 3.45. The number of benzene rings is 5. The molecule has 18 heteroatoms. The molecule has 0 aliphatic carbocycles. The van der Waals surface area contributed by atoms with Crippen LogP contribution in [-0.2, 0) is 14.9 Å². The summed E-state index contributed by atoms with van der Waals surface area (Å²) in [6.45, 7) is 14.9. The lowest BCUT2D eigenvalue weighted by molar-refractivity contribution is -0.384. The highest BCUT2D eigenvalue weighted by Gasteiger charge is 2.37. The summed E-state index contributed by atoms with van der Waals surface area (Å²) in [6, 6.07) is 34.1. The van der Waals surface area contributed by atoms with E-state index >= 15 is 0 Å². The van der Waals surface area contributed by atoms with E-state index in [0.29, 0.717) is 50.4 Å². The van der Waals surface area contributed by atoms with E-state index < -0.39 is 40.3 Å². The van der Waals surface area contributed by atoms with Crippen LogP contribution >= 0.6 is 0 Å². The zero-order chi connectivity index (χ0) is 53.9. The number of likely N-dealkylation sites (tertiary alicyclic amines) is 2. The van der Waals surface area contributed by atoms with Gasteiger partial charge in [0, 0.05) is 43.7 Å². The molecule has 5 aromatic rings. The van der Waals surface area contributed by atoms with Crippen molar-refractivity contribution < 1.29 is 46.3 Å². The van der Waals surface area contributed by atoms with Crippen molar-refractivity contribution in [2.24, 2.45) is 5.41 Å². The molecule has 0 spiro atoms. The second-order valence-electron chi connectivity index (χ2n) is 20.4. The van der Waals surface area contributed by atoms with Crippen molar-refractivity contribution in [3.63, 3.8) is 0 Å². The Morgan fingerprint density at radius 3 is 1.76 bits per heavy atom. The standard InChI is InChI=1S/C27H29N3O4.C21H31F2N3O2.C10H11F2NO/c31-26(34-25-14-12-24(13-15-25)30(32)33)28-18-7-19-29-20-16-27(17-21-29,22-8-3-1-4-9-22)23-10-5-2-6-11-23;1-21(2)6-10-25(11-7-21)9-3-8-24-20(27)26-12-13-28-15-19(26)16-4-5-17(22)18(23)14-16;11-8-2-1-7(5-9(8)12)10-6-14-4-3-13-10/h1-6,8-15H,7,16-21H2,(H,28,31);4-5,14,19H,3,6-13,15H2,1-2H3,(H,24,27);1-2,5,10,13H,3-4,6H2. The Balaban J connectivity index is 0.000000179. The number of ether oxygens (including phenoxy) is 3. The first kappa shape index (κ1) is 57.3. The molecule has 3 amide bonds. The van der Waals surface area contributed by atoms with Crippen molar-refractivity contribution in [3.8, 4) is 5.75 Å². The summed E-state index contributed by atoms with van der Waals surface area (Å²) in [4.78, 5) is 41.4. The van der Waals surface area contributed by atoms with Gasteiger partial charge in [-0.05, 0) is 142 Å². The Morgan fingerprint density at radius 2 is 1.21 bits per heavy atom. The zero-order valence-electron chi connectivity index (χ0n) is 43.5. The number of carbonyl (C=O) groups excluding carboxylic acids is 2. The molecule has 5 aromatic carbocycles. The van der Waals surface area contributed by atoms with Gasteiger partial charge in [-0.3, -0.25) is 10.1 Å². The predicted octanol–water partition coefficient (Wildman–Crippen LogP) is 10.3. The van der Waals surface area contributed by atoms with E-state index in [2.05, 4.69) is 100 Å². The number of urea groups is 1. The maximum Gasteiger partial charge on any atom is 0.412 e. The number of halogens is 4. The molecule has 9 rings (SSSR count). The molecule has 0 saturated carbocycles. The Bertz CT molecular complexity index is 2570. The van der Waals surface area contributed by atoms with Crippen molar-refractivity contribution >= 4 is 17.8 Å². The van der Waals surface area contributed by atoms with E-state index in [1.54, 1.807) is 11.0 Å². The Morgan fingerprint density at radius 1 is 0.671 bits per heavy atom. The molecule has 4 fully saturated rings. The van der Waals surface area contributed by atoms with Gasteiger partial charge in [0.15, 0.2) is 23.3 Å². The number of rotatable bonds is 14. The third-order valence-corrected chi connectivity index (χ3v) is 14.7. The van der Waals surface area contributed by atoms with Gasteiger partial charge >= 0.3 is 12.1 Å². The number of nitrogens with zero attached hydrogens (tertiary/aromatic N) is 4. The number of morpholine rings is 2. The van der Waals surface area contributed by atoms with Crippen LogP contribution in [0.15, 0.2) is 121 Å². The molecular weight excluding hydrogens is 983 g/mol. The van der Waals surface area contributed by atoms with Crippen LogP contribution in [0.5, 0.6) is 5.75 Å². The summed E-state index contributed by atoms with van der Waals surface area (Å²) < 4.78 is 68.2. The van der Waals surface area contributed by atoms with Gasteiger partial charge < -0.3 is 44.9 Å². The predicted molar refractivity (Wildman–Crippen MR) is 283 cm³/mol. The molecule has 408 valence electrons. The van der Waals surface area contributed by atoms with Crippen LogP contribution < -0.4 is 20.7 Å². The van der Waals surface area contributed by atoms with Gasteiger partial charge in [0.25, 0.3) is 5.69 Å². The van der Waals surface area contributed by atoms with E-state index in [1.807, 2.05) is 0 Å². The van der Waals surface area contributed by atoms with E-state index in [-0.39, 0.29) is 35.5 Å². The van der Waals surface area contributed by atoms with Crippen LogP contribution in [-0.4, -0.2) is 124 Å². The normalized spacial score (nSPS) is 19.4. The SMILES string of the molecule is CC1(C)CCN(CCCNC(=O)N2CCOCC2c2ccc(F)c(F)c2)CC1.Fc1ccc(C2COCCN2)cc1F.O=C(NCCCN1CCC(c2ccccc2)(c2ccccc2)CC1)Oc1ccc([N+](=O)[O-])cc1. The smallest absolute Gasteiger partial charge is 0.410 e. The number of nitro benzene ring substituents is 1. The first-order valence-electron chi connectivity index (χ1n) is 26.3. The molecule has 0 aromatic heterocycles. The highest BCUT2D eigenvalue weighted by atomic mass is 19.2. The van der Waals surface area contributed by atoms with Crippen LogP contribution in [0.2, 0.25) is 0 Å². The van der Waals surface area contributed by atoms with Crippen LogP contribution in [0.25, 0.3) is 0 Å². The molecule has 14 nitrogen and oxygen atoms in total. The van der Waals surface area contributed by atoms with Crippen molar-refractivity contribution in [1.29, 1.82) is 0 Å².